The molecule has 46 heavy (non-hydrogen) atoms. The Morgan fingerprint density at radius 3 is 1.83 bits per heavy atom. The Morgan fingerprint density at radius 2 is 1.30 bits per heavy atom. The van der Waals surface area contributed by atoms with E-state index in [2.05, 4.69) is 52.3 Å². The van der Waals surface area contributed by atoms with Gasteiger partial charge in [0.15, 0.2) is 8.32 Å². The smallest absolute Gasteiger partial charge is 0.193 e. The van der Waals surface area contributed by atoms with E-state index in [1.807, 2.05) is 91.9 Å². The Kier molecular flexibility index (Phi) is 14.7. The van der Waals surface area contributed by atoms with Gasteiger partial charge >= 0.3 is 0 Å². The summed E-state index contributed by atoms with van der Waals surface area (Å²) in [5.41, 5.74) is 3.12. The van der Waals surface area contributed by atoms with Crippen LogP contribution >= 0.6 is 0 Å². The van der Waals surface area contributed by atoms with Gasteiger partial charge in [0.25, 0.3) is 0 Å². The van der Waals surface area contributed by atoms with Crippen molar-refractivity contribution < 1.29 is 28.5 Å². The van der Waals surface area contributed by atoms with Crippen LogP contribution in [0.5, 0.6) is 5.75 Å². The molecule has 1 unspecified atom stereocenters. The molecule has 0 aliphatic heterocycles. The molecule has 0 fully saturated rings. The van der Waals surface area contributed by atoms with Crippen molar-refractivity contribution in [1.29, 1.82) is 0 Å². The molecule has 0 aromatic heterocycles. The van der Waals surface area contributed by atoms with Gasteiger partial charge < -0.3 is 28.5 Å². The van der Waals surface area contributed by atoms with Gasteiger partial charge in [-0.2, -0.15) is 0 Å². The molecule has 0 bridgehead atoms. The van der Waals surface area contributed by atoms with Gasteiger partial charge in [-0.1, -0.05) is 111 Å². The van der Waals surface area contributed by atoms with E-state index in [0.717, 1.165) is 22.4 Å². The monoisotopic (exact) mass is 644 g/mol. The molecular weight excluding hydrogens is 593 g/mol. The third-order valence-electron chi connectivity index (χ3n) is 8.39. The number of aliphatic hydroxyl groups excluding tert-OH is 1. The normalized spacial score (nSPS) is 15.1. The number of benzene rings is 3. The number of aliphatic hydroxyl groups is 1. The maximum absolute atomic E-state index is 11.2. The lowest BCUT2D eigenvalue weighted by molar-refractivity contribution is -0.0889. The lowest BCUT2D eigenvalue weighted by Gasteiger charge is -2.39. The van der Waals surface area contributed by atoms with Gasteiger partial charge in [0.1, 0.15) is 24.1 Å². The van der Waals surface area contributed by atoms with Crippen molar-refractivity contribution in [2.75, 3.05) is 7.11 Å². The first-order valence-electron chi connectivity index (χ1n) is 16.0. The van der Waals surface area contributed by atoms with E-state index in [4.69, 9.17) is 23.4 Å². The molecule has 3 aromatic carbocycles. The first-order valence-corrected chi connectivity index (χ1v) is 18.9. The molecule has 248 valence electrons. The standard InChI is InChI=1S/C39H52O6Si/c1-9-36(43-28-31-16-12-10-13-17-31)37(45-46(7,8)39(3,4)5)25-22-34(40)26-38(44-29-32-18-14-11-15-19-32)30(2)42-27-33-20-23-35(41-6)24-21-33/h9-21,23-24,30,34,36-38,40H,1,26-29H2,2-8H3/t30-,34?,36-,37-,38+/m0/s1. The van der Waals surface area contributed by atoms with Gasteiger partial charge in [0.2, 0.25) is 0 Å². The fraction of sp³-hybridized carbons (Fsp3) is 0.436. The van der Waals surface area contributed by atoms with Gasteiger partial charge in [-0.3, -0.25) is 0 Å². The van der Waals surface area contributed by atoms with Gasteiger partial charge in [0, 0.05) is 6.42 Å². The molecule has 3 aromatic rings. The quantitative estimate of drug-likeness (QED) is 0.0910. The fourth-order valence-corrected chi connectivity index (χ4v) is 5.59. The second-order valence-electron chi connectivity index (χ2n) is 13.0. The number of ether oxygens (including phenoxy) is 4. The van der Waals surface area contributed by atoms with E-state index in [9.17, 15) is 5.11 Å². The Bertz CT molecular complexity index is 1360. The molecule has 0 saturated carbocycles. The number of rotatable bonds is 17. The van der Waals surface area contributed by atoms with Crippen molar-refractivity contribution in [3.63, 3.8) is 0 Å². The molecule has 5 atom stereocenters. The average Bonchev–Trinajstić information content (AvgIpc) is 3.05. The van der Waals surface area contributed by atoms with Crippen molar-refractivity contribution in [3.8, 4) is 17.6 Å². The molecule has 7 heteroatoms. The summed E-state index contributed by atoms with van der Waals surface area (Å²) in [5.74, 6) is 7.09. The number of hydrogen-bond acceptors (Lipinski definition) is 6. The largest absolute Gasteiger partial charge is 0.497 e. The van der Waals surface area contributed by atoms with Crippen LogP contribution in [0.2, 0.25) is 18.1 Å². The minimum absolute atomic E-state index is 0.0380. The van der Waals surface area contributed by atoms with Crippen LogP contribution < -0.4 is 4.74 Å². The summed E-state index contributed by atoms with van der Waals surface area (Å²) in [5, 5.41) is 11.2. The van der Waals surface area contributed by atoms with E-state index in [1.165, 1.54) is 0 Å². The average molecular weight is 645 g/mol. The first kappa shape index (κ1) is 37.2. The van der Waals surface area contributed by atoms with E-state index in [1.54, 1.807) is 13.2 Å². The topological polar surface area (TPSA) is 66.4 Å². The SMILES string of the molecule is C=C[C@H](OCc1ccccc1)[C@H](C#CC(O)C[C@@H](OCc1ccccc1)[C@H](C)OCc1ccc(OC)cc1)O[Si](C)(C)C(C)(C)C. The van der Waals surface area contributed by atoms with Crippen LogP contribution in [0, 0.1) is 11.8 Å². The van der Waals surface area contributed by atoms with Crippen LogP contribution in [0.25, 0.3) is 0 Å². The maximum Gasteiger partial charge on any atom is 0.193 e. The van der Waals surface area contributed by atoms with Crippen molar-refractivity contribution >= 4 is 8.32 Å². The summed E-state index contributed by atoms with van der Waals surface area (Å²) in [6.07, 6.45) is -0.764. The Morgan fingerprint density at radius 1 is 0.783 bits per heavy atom. The predicted molar refractivity (Wildman–Crippen MR) is 188 cm³/mol. The van der Waals surface area contributed by atoms with Gasteiger partial charge in [-0.25, -0.2) is 0 Å². The highest BCUT2D eigenvalue weighted by Gasteiger charge is 2.40. The van der Waals surface area contributed by atoms with Crippen LogP contribution in [0.3, 0.4) is 0 Å². The van der Waals surface area contributed by atoms with Gasteiger partial charge in [0.05, 0.1) is 39.1 Å². The van der Waals surface area contributed by atoms with E-state index < -0.39 is 32.7 Å². The van der Waals surface area contributed by atoms with Crippen molar-refractivity contribution in [1.82, 2.24) is 0 Å². The van der Waals surface area contributed by atoms with E-state index in [-0.39, 0.29) is 17.6 Å². The minimum Gasteiger partial charge on any atom is -0.497 e. The second kappa shape index (κ2) is 18.2. The summed E-state index contributed by atoms with van der Waals surface area (Å²) < 4.78 is 30.9. The molecule has 3 rings (SSSR count). The molecule has 6 nitrogen and oxygen atoms in total. The third-order valence-corrected chi connectivity index (χ3v) is 12.8. The zero-order valence-electron chi connectivity index (χ0n) is 28.6. The van der Waals surface area contributed by atoms with Gasteiger partial charge in [-0.05, 0) is 53.9 Å². The van der Waals surface area contributed by atoms with Crippen molar-refractivity contribution in [2.45, 2.75) is 103 Å². The molecule has 0 aliphatic rings. The van der Waals surface area contributed by atoms with Crippen molar-refractivity contribution in [3.05, 3.63) is 114 Å². The van der Waals surface area contributed by atoms with E-state index >= 15 is 0 Å². The molecule has 1 N–H and O–H groups in total. The highest BCUT2D eigenvalue weighted by molar-refractivity contribution is 6.74. The predicted octanol–water partition coefficient (Wildman–Crippen LogP) is 8.10. The Balaban J connectivity index is 1.77. The van der Waals surface area contributed by atoms with Crippen LogP contribution in [-0.2, 0) is 38.5 Å². The lowest BCUT2D eigenvalue weighted by atomic mass is 10.1. The van der Waals surface area contributed by atoms with Crippen LogP contribution in [0.1, 0.15) is 50.8 Å². The summed E-state index contributed by atoms with van der Waals surface area (Å²) in [6.45, 7) is 18.1. The van der Waals surface area contributed by atoms with Gasteiger partial charge in [-0.15, -0.1) is 6.58 Å². The number of hydrogen-bond donors (Lipinski definition) is 1. The van der Waals surface area contributed by atoms with Crippen LogP contribution in [0.15, 0.2) is 97.6 Å². The molecule has 0 amide bonds. The second-order valence-corrected chi connectivity index (χ2v) is 17.8. The molecule has 0 saturated heterocycles. The zero-order valence-corrected chi connectivity index (χ0v) is 29.6. The summed E-state index contributed by atoms with van der Waals surface area (Å²) in [6, 6.07) is 27.7. The maximum atomic E-state index is 11.2. The molecular formula is C39H52O6Si. The van der Waals surface area contributed by atoms with Crippen molar-refractivity contribution in [2.24, 2.45) is 0 Å². The highest BCUT2D eigenvalue weighted by Crippen LogP contribution is 2.38. The summed E-state index contributed by atoms with van der Waals surface area (Å²) >= 11 is 0. The minimum atomic E-state index is -2.24. The molecule has 0 heterocycles. The Labute approximate surface area is 277 Å². The fourth-order valence-electron chi connectivity index (χ4n) is 4.41. The van der Waals surface area contributed by atoms with Crippen LogP contribution in [0.4, 0.5) is 0 Å². The zero-order chi connectivity index (χ0) is 33.6. The highest BCUT2D eigenvalue weighted by atomic mass is 28.4. The Hall–Kier alpha value is -3.22. The molecule has 0 radical (unpaired) electrons. The van der Waals surface area contributed by atoms with E-state index in [0.29, 0.717) is 19.8 Å². The lowest BCUT2D eigenvalue weighted by Crippen LogP contribution is -2.47. The molecule has 0 spiro atoms. The summed E-state index contributed by atoms with van der Waals surface area (Å²) in [7, 11) is -0.595. The van der Waals surface area contributed by atoms with Crippen LogP contribution in [-0.4, -0.2) is 51.1 Å². The summed E-state index contributed by atoms with van der Waals surface area (Å²) in [4.78, 5) is 0. The molecule has 0 aliphatic carbocycles. The first-order chi connectivity index (χ1) is 21.9. The number of methoxy groups -OCH3 is 1. The third kappa shape index (κ3) is 12.2.